The number of carbonyl (C=O) groups is 1. The van der Waals surface area contributed by atoms with E-state index in [1.54, 1.807) is 16.7 Å². The van der Waals surface area contributed by atoms with Crippen molar-refractivity contribution in [2.24, 2.45) is 0 Å². The molecule has 1 saturated carbocycles. The fraction of sp³-hybridized carbons (Fsp3) is 0.444. The first kappa shape index (κ1) is 17.8. The Morgan fingerprint density at radius 3 is 2.78 bits per heavy atom. The molecule has 2 aliphatic rings. The lowest BCUT2D eigenvalue weighted by Crippen LogP contribution is -2.47. The zero-order valence-corrected chi connectivity index (χ0v) is 15.7. The lowest BCUT2D eigenvalue weighted by molar-refractivity contribution is 0.0553. The van der Waals surface area contributed by atoms with Gasteiger partial charge in [0.05, 0.1) is 12.8 Å². The second-order valence-electron chi connectivity index (χ2n) is 6.70. The van der Waals surface area contributed by atoms with Gasteiger partial charge in [-0.2, -0.15) is 0 Å². The minimum Gasteiger partial charge on any atom is -0.488 e. The monoisotopic (exact) mass is 389 g/mol. The lowest BCUT2D eigenvalue weighted by Gasteiger charge is -2.38. The van der Waals surface area contributed by atoms with E-state index in [0.29, 0.717) is 42.4 Å². The molecule has 0 bridgehead atoms. The van der Waals surface area contributed by atoms with Gasteiger partial charge >= 0.3 is 0 Å². The van der Waals surface area contributed by atoms with Crippen LogP contribution < -0.4 is 15.6 Å². The maximum absolute atomic E-state index is 13.3. The summed E-state index contributed by atoms with van der Waals surface area (Å²) < 4.78 is 8.26. The Kier molecular flexibility index (Phi) is 4.51. The van der Waals surface area contributed by atoms with E-state index in [4.69, 9.17) is 16.5 Å². The minimum absolute atomic E-state index is 0.299. The van der Waals surface area contributed by atoms with E-state index < -0.39 is 5.66 Å². The van der Waals surface area contributed by atoms with E-state index in [1.165, 1.54) is 16.9 Å². The van der Waals surface area contributed by atoms with Crippen LogP contribution >= 0.6 is 11.8 Å². The molecular weight excluding hydrogens is 370 g/mol. The number of anilines is 2. The van der Waals surface area contributed by atoms with Crippen LogP contribution in [-0.2, 0) is 5.66 Å². The van der Waals surface area contributed by atoms with Crippen LogP contribution in [0.4, 0.5) is 11.5 Å². The molecule has 1 aliphatic carbocycles. The molecule has 0 unspecified atom stereocenters. The molecule has 1 aliphatic heterocycles. The highest BCUT2D eigenvalue weighted by Crippen LogP contribution is 2.44. The molecule has 2 aromatic rings. The second-order valence-corrected chi connectivity index (χ2v) is 7.03. The van der Waals surface area contributed by atoms with Crippen LogP contribution in [0.25, 0.3) is 0 Å². The van der Waals surface area contributed by atoms with Crippen molar-refractivity contribution in [3.63, 3.8) is 0 Å². The Balaban J connectivity index is 1.79. The van der Waals surface area contributed by atoms with Crippen molar-refractivity contribution < 1.29 is 9.53 Å². The average molecular weight is 390 g/mol. The highest BCUT2D eigenvalue weighted by Gasteiger charge is 2.50. The third-order valence-corrected chi connectivity index (χ3v) is 5.62. The number of halogens is 1. The Morgan fingerprint density at radius 1 is 1.26 bits per heavy atom. The number of hydrogen-bond acceptors (Lipinski definition) is 6. The van der Waals surface area contributed by atoms with Crippen molar-refractivity contribution >= 4 is 29.2 Å². The first-order chi connectivity index (χ1) is 13.1. The smallest absolute Gasteiger partial charge is 0.287 e. The van der Waals surface area contributed by atoms with E-state index in [1.807, 2.05) is 6.92 Å². The van der Waals surface area contributed by atoms with Gasteiger partial charge in [-0.05, 0) is 44.7 Å². The number of nitrogens with one attached hydrogen (secondary N) is 1. The SMILES string of the molecule is CCOc1cncnc1Nc1ccc2n(c1=O)C1(CCCCC1)N(Cl)C2=O. The van der Waals surface area contributed by atoms with E-state index in [9.17, 15) is 9.59 Å². The van der Waals surface area contributed by atoms with E-state index in [0.717, 1.165) is 19.3 Å². The zero-order valence-electron chi connectivity index (χ0n) is 14.9. The average Bonchev–Trinajstić information content (AvgIpc) is 2.89. The number of pyridine rings is 1. The summed E-state index contributed by atoms with van der Waals surface area (Å²) in [6, 6.07) is 3.21. The molecule has 1 fully saturated rings. The number of rotatable bonds is 4. The molecule has 0 saturated heterocycles. The number of hydrogen-bond donors (Lipinski definition) is 1. The van der Waals surface area contributed by atoms with E-state index >= 15 is 0 Å². The van der Waals surface area contributed by atoms with Crippen LogP contribution in [-0.4, -0.2) is 31.5 Å². The van der Waals surface area contributed by atoms with Crippen LogP contribution in [0.3, 0.4) is 0 Å². The number of nitrogens with zero attached hydrogens (tertiary/aromatic N) is 4. The summed E-state index contributed by atoms with van der Waals surface area (Å²) >= 11 is 6.38. The molecule has 1 spiro atoms. The Bertz CT molecular complexity index is 939. The summed E-state index contributed by atoms with van der Waals surface area (Å²) in [7, 11) is 0. The Labute approximate surface area is 161 Å². The van der Waals surface area contributed by atoms with Gasteiger partial charge in [0, 0.05) is 11.8 Å². The van der Waals surface area contributed by atoms with E-state index in [2.05, 4.69) is 15.3 Å². The maximum atomic E-state index is 13.3. The van der Waals surface area contributed by atoms with Gasteiger partial charge in [0.2, 0.25) is 0 Å². The molecule has 27 heavy (non-hydrogen) atoms. The standard InChI is InChI=1S/C18H20ClN5O3/c1-2-27-14-10-20-11-21-15(14)22-12-6-7-13-17(26)24(19)18(23(13)16(12)25)8-4-3-5-9-18/h6-7,10-11H,2-5,8-9H2,1H3,(H,20,21,22). The molecule has 9 heteroatoms. The summed E-state index contributed by atoms with van der Waals surface area (Å²) in [5.74, 6) is 0.515. The largest absolute Gasteiger partial charge is 0.488 e. The van der Waals surface area contributed by atoms with Gasteiger partial charge in [0.1, 0.15) is 23.4 Å². The molecular formula is C18H20ClN5O3. The first-order valence-electron chi connectivity index (χ1n) is 9.05. The number of fused-ring (bicyclic) bond motifs is 2. The zero-order chi connectivity index (χ0) is 19.0. The fourth-order valence-electron chi connectivity index (χ4n) is 3.93. The van der Waals surface area contributed by atoms with Crippen molar-refractivity contribution in [2.45, 2.75) is 44.7 Å². The van der Waals surface area contributed by atoms with Crippen molar-refractivity contribution in [1.82, 2.24) is 19.0 Å². The highest BCUT2D eigenvalue weighted by molar-refractivity contribution is 6.25. The second kappa shape index (κ2) is 6.84. The number of ether oxygens (including phenoxy) is 1. The minimum atomic E-state index is -0.796. The third-order valence-electron chi connectivity index (χ3n) is 5.15. The van der Waals surface area contributed by atoms with Gasteiger partial charge in [0.15, 0.2) is 11.6 Å². The van der Waals surface area contributed by atoms with Crippen LogP contribution in [0.5, 0.6) is 5.75 Å². The first-order valence-corrected chi connectivity index (χ1v) is 9.39. The number of carbonyl (C=O) groups excluding carboxylic acids is 1. The molecule has 4 rings (SSSR count). The molecule has 1 amide bonds. The van der Waals surface area contributed by atoms with Crippen LogP contribution in [0.1, 0.15) is 49.5 Å². The summed E-state index contributed by atoms with van der Waals surface area (Å²) in [4.78, 5) is 34.0. The van der Waals surface area contributed by atoms with Crippen molar-refractivity contribution in [1.29, 1.82) is 0 Å². The summed E-state index contributed by atoms with van der Waals surface area (Å²) in [5.41, 5.74) is -0.472. The van der Waals surface area contributed by atoms with Gasteiger partial charge in [0.25, 0.3) is 11.5 Å². The normalized spacial score (nSPS) is 17.9. The van der Waals surface area contributed by atoms with Gasteiger partial charge in [-0.15, -0.1) is 0 Å². The van der Waals surface area contributed by atoms with Gasteiger partial charge in [-0.1, -0.05) is 6.42 Å². The van der Waals surface area contributed by atoms with Crippen LogP contribution in [0.15, 0.2) is 29.5 Å². The molecule has 3 heterocycles. The molecule has 142 valence electrons. The molecule has 1 N–H and O–H groups in total. The van der Waals surface area contributed by atoms with Gasteiger partial charge < -0.3 is 10.1 Å². The van der Waals surface area contributed by atoms with Crippen molar-refractivity contribution in [2.75, 3.05) is 11.9 Å². The topological polar surface area (TPSA) is 89.3 Å². The Hall–Kier alpha value is -2.61. The fourth-order valence-corrected chi connectivity index (χ4v) is 4.26. The van der Waals surface area contributed by atoms with Crippen LogP contribution in [0, 0.1) is 0 Å². The highest BCUT2D eigenvalue weighted by atomic mass is 35.5. The maximum Gasteiger partial charge on any atom is 0.287 e. The van der Waals surface area contributed by atoms with E-state index in [-0.39, 0.29) is 11.5 Å². The quantitative estimate of drug-likeness (QED) is 0.808. The lowest BCUT2D eigenvalue weighted by atomic mass is 9.89. The summed E-state index contributed by atoms with van der Waals surface area (Å²) in [5, 5.41) is 3.02. The van der Waals surface area contributed by atoms with Crippen molar-refractivity contribution in [3.8, 4) is 5.75 Å². The molecule has 0 atom stereocenters. The third kappa shape index (κ3) is 2.75. The number of amides is 1. The molecule has 0 aromatic carbocycles. The molecule has 2 aromatic heterocycles. The predicted octanol–water partition coefficient (Wildman–Crippen LogP) is 3.01. The predicted molar refractivity (Wildman–Crippen MR) is 100 cm³/mol. The number of aromatic nitrogens is 3. The Morgan fingerprint density at radius 2 is 2.04 bits per heavy atom. The van der Waals surface area contributed by atoms with Crippen LogP contribution in [0.2, 0.25) is 0 Å². The molecule has 8 nitrogen and oxygen atoms in total. The van der Waals surface area contributed by atoms with Gasteiger partial charge in [-0.3, -0.25) is 14.2 Å². The van der Waals surface area contributed by atoms with Gasteiger partial charge in [-0.25, -0.2) is 14.4 Å². The van der Waals surface area contributed by atoms with Crippen molar-refractivity contribution in [3.05, 3.63) is 40.7 Å². The summed E-state index contributed by atoms with van der Waals surface area (Å²) in [6.07, 6.45) is 7.15. The summed E-state index contributed by atoms with van der Waals surface area (Å²) in [6.45, 7) is 2.30. The molecule has 0 radical (unpaired) electrons.